The van der Waals surface area contributed by atoms with Crippen LogP contribution in [-0.4, -0.2) is 16.4 Å². The van der Waals surface area contributed by atoms with Gasteiger partial charge in [0.05, 0.1) is 21.8 Å². The van der Waals surface area contributed by atoms with E-state index in [4.69, 9.17) is 34.4 Å². The molecule has 0 aliphatic carbocycles. The molecule has 0 unspecified atom stereocenters. The van der Waals surface area contributed by atoms with Gasteiger partial charge in [0.1, 0.15) is 11.3 Å². The molecule has 0 amide bonds. The number of hydrogen-bond acceptors (Lipinski definition) is 2. The van der Waals surface area contributed by atoms with Crippen molar-refractivity contribution < 1.29 is 31.1 Å². The average Bonchev–Trinajstić information content (AvgIpc) is 2.87. The number of nitrogens with zero attached hydrogens (tertiary/aromatic N) is 2. The van der Waals surface area contributed by atoms with Crippen molar-refractivity contribution in [2.75, 3.05) is 6.61 Å². The molecule has 25 heavy (non-hydrogen) atoms. The molecule has 0 saturated carbocycles. The molecule has 1 aromatic carbocycles. The summed E-state index contributed by atoms with van der Waals surface area (Å²) < 4.78 is 82.7. The topological polar surface area (TPSA) is 27.1 Å². The Morgan fingerprint density at radius 3 is 2.08 bits per heavy atom. The van der Waals surface area contributed by atoms with E-state index in [9.17, 15) is 26.3 Å². The number of terminal acetylenes is 1. The normalized spacial score (nSPS) is 12.1. The lowest BCUT2D eigenvalue weighted by Gasteiger charge is -2.15. The Morgan fingerprint density at radius 2 is 1.64 bits per heavy atom. The number of hydrogen-bond donors (Lipinski definition) is 0. The first-order valence-corrected chi connectivity index (χ1v) is 7.00. The first-order chi connectivity index (χ1) is 11.5. The van der Waals surface area contributed by atoms with Gasteiger partial charge in [-0.2, -0.15) is 36.1 Å². The molecule has 0 bridgehead atoms. The van der Waals surface area contributed by atoms with Gasteiger partial charge < -0.3 is 4.74 Å². The van der Waals surface area contributed by atoms with Gasteiger partial charge in [-0.1, -0.05) is 29.1 Å². The third-order valence-corrected chi connectivity index (χ3v) is 3.45. The molecule has 1 aromatic heterocycles. The van der Waals surface area contributed by atoms with Gasteiger partial charge in [0.15, 0.2) is 6.61 Å². The quantitative estimate of drug-likeness (QED) is 0.519. The molecule has 2 rings (SSSR count). The summed E-state index contributed by atoms with van der Waals surface area (Å²) in [6, 6.07) is 1.03. The highest BCUT2D eigenvalue weighted by Crippen LogP contribution is 2.42. The maximum Gasteiger partial charge on any atom is 0.423 e. The van der Waals surface area contributed by atoms with Crippen LogP contribution in [0.25, 0.3) is 5.69 Å². The van der Waals surface area contributed by atoms with Gasteiger partial charge in [0.25, 0.3) is 0 Å². The maximum absolute atomic E-state index is 13.0. The van der Waals surface area contributed by atoms with E-state index in [1.807, 2.05) is 5.92 Å². The lowest BCUT2D eigenvalue weighted by Crippen LogP contribution is -2.11. The van der Waals surface area contributed by atoms with Crippen molar-refractivity contribution in [3.8, 4) is 23.9 Å². The minimum absolute atomic E-state index is 0.404. The summed E-state index contributed by atoms with van der Waals surface area (Å²) in [5, 5.41) is 2.34. The predicted octanol–water partition coefficient (Wildman–Crippen LogP) is 5.23. The lowest BCUT2D eigenvalue weighted by molar-refractivity contribution is -0.139. The number of benzene rings is 1. The molecule has 2 aromatic rings. The molecule has 0 radical (unpaired) electrons. The molecule has 134 valence electrons. The van der Waals surface area contributed by atoms with Crippen LogP contribution < -0.4 is 4.74 Å². The first kappa shape index (κ1) is 19.3. The summed E-state index contributed by atoms with van der Waals surface area (Å²) in [6.45, 7) is -0.537. The molecule has 0 saturated heterocycles. The van der Waals surface area contributed by atoms with Crippen molar-refractivity contribution in [1.29, 1.82) is 0 Å². The van der Waals surface area contributed by atoms with Crippen molar-refractivity contribution in [2.45, 2.75) is 12.4 Å². The third kappa shape index (κ3) is 3.96. The van der Waals surface area contributed by atoms with Crippen LogP contribution in [0.4, 0.5) is 26.3 Å². The highest BCUT2D eigenvalue weighted by Gasteiger charge is 2.39. The number of rotatable bonds is 3. The molecule has 0 aliphatic rings. The van der Waals surface area contributed by atoms with Crippen LogP contribution in [0.2, 0.25) is 10.0 Å². The summed E-state index contributed by atoms with van der Waals surface area (Å²) >= 11 is 11.6. The Hall–Kier alpha value is -2.05. The molecule has 3 nitrogen and oxygen atoms in total. The maximum atomic E-state index is 13.0. The van der Waals surface area contributed by atoms with E-state index < -0.39 is 51.7 Å². The van der Waals surface area contributed by atoms with Crippen LogP contribution in [0.1, 0.15) is 11.1 Å². The van der Waals surface area contributed by atoms with Gasteiger partial charge in [-0.15, -0.1) is 6.42 Å². The minimum Gasteiger partial charge on any atom is -0.464 e. The molecule has 0 N–H and O–H groups in total. The Balaban J connectivity index is 2.67. The van der Waals surface area contributed by atoms with Crippen LogP contribution in [0.15, 0.2) is 18.3 Å². The van der Waals surface area contributed by atoms with Crippen LogP contribution in [0, 0.1) is 12.3 Å². The van der Waals surface area contributed by atoms with Crippen molar-refractivity contribution >= 4 is 23.2 Å². The van der Waals surface area contributed by atoms with E-state index in [0.29, 0.717) is 23.0 Å². The van der Waals surface area contributed by atoms with Gasteiger partial charge in [-0.25, -0.2) is 0 Å². The Morgan fingerprint density at radius 1 is 1.08 bits per heavy atom. The number of ether oxygens (including phenoxy) is 1. The van der Waals surface area contributed by atoms with E-state index in [1.165, 1.54) is 0 Å². The van der Waals surface area contributed by atoms with Gasteiger partial charge in [-0.3, -0.25) is 0 Å². The highest BCUT2D eigenvalue weighted by molar-refractivity contribution is 6.37. The van der Waals surface area contributed by atoms with E-state index in [0.717, 1.165) is 0 Å². The molecule has 0 spiro atoms. The average molecular weight is 403 g/mol. The minimum atomic E-state index is -4.84. The van der Waals surface area contributed by atoms with E-state index >= 15 is 0 Å². The molecule has 0 fully saturated rings. The molecule has 11 heteroatoms. The smallest absolute Gasteiger partial charge is 0.423 e. The third-order valence-electron chi connectivity index (χ3n) is 2.88. The fourth-order valence-electron chi connectivity index (χ4n) is 1.87. The van der Waals surface area contributed by atoms with Crippen molar-refractivity contribution in [3.63, 3.8) is 0 Å². The molecule has 0 aliphatic heterocycles. The van der Waals surface area contributed by atoms with Crippen molar-refractivity contribution in [3.05, 3.63) is 39.5 Å². The lowest BCUT2D eigenvalue weighted by atomic mass is 10.2. The zero-order valence-electron chi connectivity index (χ0n) is 11.8. The van der Waals surface area contributed by atoms with Crippen LogP contribution in [-0.2, 0) is 12.4 Å². The zero-order chi connectivity index (χ0) is 19.0. The molecular weight excluding hydrogens is 397 g/mol. The summed E-state index contributed by atoms with van der Waals surface area (Å²) in [7, 11) is 0. The number of aromatic nitrogens is 2. The van der Waals surface area contributed by atoms with Crippen LogP contribution >= 0.6 is 23.2 Å². The fourth-order valence-corrected chi connectivity index (χ4v) is 2.52. The van der Waals surface area contributed by atoms with Crippen LogP contribution in [0.3, 0.4) is 0 Å². The summed E-state index contributed by atoms with van der Waals surface area (Å²) in [6.07, 6.45) is -4.20. The molecular formula is C14H6Cl2F6N2O. The Bertz CT molecular complexity index is 812. The number of alkyl halides is 6. The van der Waals surface area contributed by atoms with Gasteiger partial charge >= 0.3 is 12.4 Å². The fraction of sp³-hybridized carbons (Fsp3) is 0.214. The van der Waals surface area contributed by atoms with Gasteiger partial charge in [0.2, 0.25) is 5.88 Å². The standard InChI is InChI=1S/C14H6Cl2F6N2O/c1-2-3-25-12-8(14(20,21)22)6-23-24(12)11-9(15)4-7(5-10(11)16)13(17,18)19/h1,4-6H,3H2. The van der Waals surface area contributed by atoms with Crippen LogP contribution in [0.5, 0.6) is 5.88 Å². The summed E-state index contributed by atoms with van der Waals surface area (Å²) in [4.78, 5) is 0. The largest absolute Gasteiger partial charge is 0.464 e. The second-order valence-corrected chi connectivity index (χ2v) is 5.37. The molecule has 0 atom stereocenters. The van der Waals surface area contributed by atoms with Gasteiger partial charge in [0, 0.05) is 0 Å². The van der Waals surface area contributed by atoms with E-state index in [2.05, 4.69) is 5.10 Å². The summed E-state index contributed by atoms with van der Waals surface area (Å²) in [5.41, 5.74) is -2.85. The number of halogens is 8. The van der Waals surface area contributed by atoms with Crippen molar-refractivity contribution in [2.24, 2.45) is 0 Å². The molecule has 1 heterocycles. The Labute approximate surface area is 147 Å². The van der Waals surface area contributed by atoms with Crippen molar-refractivity contribution in [1.82, 2.24) is 9.78 Å². The van der Waals surface area contributed by atoms with E-state index in [1.54, 1.807) is 0 Å². The summed E-state index contributed by atoms with van der Waals surface area (Å²) in [5.74, 6) is 1.14. The van der Waals surface area contributed by atoms with Gasteiger partial charge in [-0.05, 0) is 12.1 Å². The monoisotopic (exact) mass is 402 g/mol. The predicted molar refractivity (Wildman–Crippen MR) is 77.9 cm³/mol. The zero-order valence-corrected chi connectivity index (χ0v) is 13.4. The first-order valence-electron chi connectivity index (χ1n) is 6.25. The SMILES string of the molecule is C#CCOc1c(C(F)(F)F)cnn1-c1c(Cl)cc(C(F)(F)F)cc1Cl. The Kier molecular flexibility index (Phi) is 5.16. The highest BCUT2D eigenvalue weighted by atomic mass is 35.5. The second kappa shape index (κ2) is 6.69. The van der Waals surface area contributed by atoms with E-state index in [-0.39, 0.29) is 0 Å². The second-order valence-electron chi connectivity index (χ2n) is 4.55.